The molecule has 2 aromatic carbocycles. The number of nitrogens with zero attached hydrogens (tertiary/aromatic N) is 4. The molecule has 0 unspecified atom stereocenters. The number of alkyl halides is 1. The lowest BCUT2D eigenvalue weighted by molar-refractivity contribution is 0.0600. The highest BCUT2D eigenvalue weighted by molar-refractivity contribution is 9.10. The average molecular weight is 687 g/mol. The van der Waals surface area contributed by atoms with Crippen molar-refractivity contribution < 1.29 is 36.2 Å². The van der Waals surface area contributed by atoms with Crippen molar-refractivity contribution in [2.75, 3.05) is 13.8 Å². The van der Waals surface area contributed by atoms with Gasteiger partial charge in [-0.25, -0.2) is 32.3 Å². The maximum atomic E-state index is 15.5. The van der Waals surface area contributed by atoms with Crippen molar-refractivity contribution in [3.05, 3.63) is 105 Å². The second kappa shape index (κ2) is 12.2. The molecular formula is C32H24BrF5N4O3. The number of fused-ring (bicyclic) bond motifs is 1. The Bertz CT molecular complexity index is 1950. The molecule has 1 saturated carbocycles. The van der Waals surface area contributed by atoms with Crippen LogP contribution in [0.3, 0.4) is 0 Å². The molecular weight excluding hydrogens is 663 g/mol. The zero-order chi connectivity index (χ0) is 31.9. The van der Waals surface area contributed by atoms with Crippen LogP contribution in [-0.4, -0.2) is 39.3 Å². The quantitative estimate of drug-likeness (QED) is 0.112. The number of esters is 1. The highest BCUT2D eigenvalue weighted by Gasteiger charge is 2.44. The van der Waals surface area contributed by atoms with E-state index in [9.17, 15) is 13.6 Å². The highest BCUT2D eigenvalue weighted by Crippen LogP contribution is 2.48. The highest BCUT2D eigenvalue weighted by atomic mass is 79.9. The SMILES string of the molecule is COC(=O)c1cc(F)c2nc(Cc3cc(F)c(-c4cccc(OCc5ncc(Br)cc5F)n4)cc3F)n(CC3(CF)CC3)c2c1. The molecule has 3 heterocycles. The predicted molar refractivity (Wildman–Crippen MR) is 157 cm³/mol. The summed E-state index contributed by atoms with van der Waals surface area (Å²) in [7, 11) is 1.16. The number of benzene rings is 2. The first kappa shape index (κ1) is 30.6. The zero-order valence-corrected chi connectivity index (χ0v) is 25.3. The molecule has 0 aliphatic heterocycles. The molecule has 0 radical (unpaired) electrons. The summed E-state index contributed by atoms with van der Waals surface area (Å²) in [5.74, 6) is -3.49. The molecule has 1 aliphatic carbocycles. The summed E-state index contributed by atoms with van der Waals surface area (Å²) in [6, 6.07) is 10.1. The van der Waals surface area contributed by atoms with Crippen LogP contribution < -0.4 is 4.74 Å². The molecule has 0 N–H and O–H groups in total. The molecule has 232 valence electrons. The first-order chi connectivity index (χ1) is 21.6. The number of carbonyl (C=O) groups is 1. The van der Waals surface area contributed by atoms with Gasteiger partial charge in [-0.3, -0.25) is 9.37 Å². The number of carbonyl (C=O) groups excluding carboxylic acids is 1. The van der Waals surface area contributed by atoms with Crippen LogP contribution in [0.25, 0.3) is 22.3 Å². The van der Waals surface area contributed by atoms with E-state index in [-0.39, 0.29) is 70.4 Å². The van der Waals surface area contributed by atoms with E-state index >= 15 is 13.2 Å². The summed E-state index contributed by atoms with van der Waals surface area (Å²) in [6.07, 6.45) is 2.38. The Morgan fingerprint density at radius 1 is 1.00 bits per heavy atom. The number of rotatable bonds is 10. The number of methoxy groups -OCH3 is 1. The lowest BCUT2D eigenvalue weighted by Gasteiger charge is -2.16. The summed E-state index contributed by atoms with van der Waals surface area (Å²) in [5.41, 5.74) is -0.695. The summed E-state index contributed by atoms with van der Waals surface area (Å²) >= 11 is 3.13. The van der Waals surface area contributed by atoms with Crippen LogP contribution in [0.4, 0.5) is 22.0 Å². The Morgan fingerprint density at radius 2 is 1.80 bits per heavy atom. The molecule has 0 bridgehead atoms. The van der Waals surface area contributed by atoms with Crippen LogP contribution in [0.15, 0.2) is 59.2 Å². The van der Waals surface area contributed by atoms with Crippen LogP contribution in [0.1, 0.15) is 40.3 Å². The van der Waals surface area contributed by atoms with E-state index in [2.05, 4.69) is 30.9 Å². The molecule has 5 aromatic rings. The Morgan fingerprint density at radius 3 is 2.51 bits per heavy atom. The maximum Gasteiger partial charge on any atom is 0.338 e. The van der Waals surface area contributed by atoms with E-state index < -0.39 is 41.3 Å². The van der Waals surface area contributed by atoms with Crippen molar-refractivity contribution >= 4 is 32.9 Å². The smallest absolute Gasteiger partial charge is 0.338 e. The van der Waals surface area contributed by atoms with Crippen molar-refractivity contribution in [2.45, 2.75) is 32.4 Å². The number of imidazole rings is 1. The fourth-order valence-corrected chi connectivity index (χ4v) is 5.35. The van der Waals surface area contributed by atoms with Crippen molar-refractivity contribution in [3.8, 4) is 17.1 Å². The number of aromatic nitrogens is 4. The molecule has 7 nitrogen and oxygen atoms in total. The Balaban J connectivity index is 1.31. The Kier molecular flexibility index (Phi) is 8.29. The molecule has 6 rings (SSSR count). The van der Waals surface area contributed by atoms with Gasteiger partial charge in [0.05, 0.1) is 30.6 Å². The largest absolute Gasteiger partial charge is 0.471 e. The monoisotopic (exact) mass is 686 g/mol. The summed E-state index contributed by atoms with van der Waals surface area (Å²) in [4.78, 5) is 24.7. The molecule has 1 fully saturated rings. The molecule has 45 heavy (non-hydrogen) atoms. The van der Waals surface area contributed by atoms with Gasteiger partial charge in [-0.15, -0.1) is 0 Å². The van der Waals surface area contributed by atoms with Crippen LogP contribution in [0.5, 0.6) is 5.88 Å². The fourth-order valence-electron chi connectivity index (χ4n) is 5.05. The molecule has 0 amide bonds. The second-order valence-electron chi connectivity index (χ2n) is 10.9. The van der Waals surface area contributed by atoms with Gasteiger partial charge in [-0.2, -0.15) is 0 Å². The van der Waals surface area contributed by atoms with E-state index in [1.54, 1.807) is 4.57 Å². The molecule has 3 aromatic heterocycles. The summed E-state index contributed by atoms with van der Waals surface area (Å²) in [5, 5.41) is 0. The van der Waals surface area contributed by atoms with Crippen molar-refractivity contribution in [2.24, 2.45) is 5.41 Å². The van der Waals surface area contributed by atoms with Gasteiger partial charge in [0.15, 0.2) is 5.82 Å². The second-order valence-corrected chi connectivity index (χ2v) is 11.8. The molecule has 0 spiro atoms. The number of halogens is 6. The summed E-state index contributed by atoms with van der Waals surface area (Å²) in [6.45, 7) is -0.733. The van der Waals surface area contributed by atoms with Crippen LogP contribution in [0.2, 0.25) is 0 Å². The number of hydrogen-bond donors (Lipinski definition) is 0. The van der Waals surface area contributed by atoms with Gasteiger partial charge in [0, 0.05) is 40.7 Å². The minimum Gasteiger partial charge on any atom is -0.471 e. The van der Waals surface area contributed by atoms with Gasteiger partial charge in [0.25, 0.3) is 0 Å². The number of ether oxygens (including phenoxy) is 2. The van der Waals surface area contributed by atoms with Crippen molar-refractivity contribution in [1.82, 2.24) is 19.5 Å². The van der Waals surface area contributed by atoms with Crippen molar-refractivity contribution in [3.63, 3.8) is 0 Å². The summed E-state index contributed by atoms with van der Waals surface area (Å²) < 4.78 is 86.4. The average Bonchev–Trinajstić information content (AvgIpc) is 3.73. The van der Waals surface area contributed by atoms with E-state index in [1.165, 1.54) is 36.5 Å². The van der Waals surface area contributed by atoms with Gasteiger partial charge >= 0.3 is 5.97 Å². The topological polar surface area (TPSA) is 79.1 Å². The Hall–Kier alpha value is -4.39. The Labute approximate surface area is 262 Å². The predicted octanol–water partition coefficient (Wildman–Crippen LogP) is 7.52. The maximum absolute atomic E-state index is 15.5. The van der Waals surface area contributed by atoms with Gasteiger partial charge < -0.3 is 14.0 Å². The lowest BCUT2D eigenvalue weighted by Crippen LogP contribution is -2.16. The van der Waals surface area contributed by atoms with E-state index in [0.717, 1.165) is 25.3 Å². The standard InChI is InChI=1S/C32H24BrF5N4O3/c1-44-31(43)18-8-24(38)30-27(9-18)42(16-32(15-34)5-6-32)28(41-30)10-17-7-22(36)20(12-21(17)35)25-3-2-4-29(40-25)45-14-26-23(37)11-19(33)13-39-26/h2-4,7-9,11-13H,5-6,10,14-16H2,1H3. The molecule has 13 heteroatoms. The first-order valence-corrected chi connectivity index (χ1v) is 14.6. The zero-order valence-electron chi connectivity index (χ0n) is 23.7. The van der Waals surface area contributed by atoms with Crippen LogP contribution >= 0.6 is 15.9 Å². The van der Waals surface area contributed by atoms with Gasteiger partial charge in [-0.05, 0) is 70.7 Å². The number of pyridine rings is 2. The van der Waals surface area contributed by atoms with E-state index in [1.807, 2.05) is 0 Å². The third-order valence-electron chi connectivity index (χ3n) is 7.77. The third-order valence-corrected chi connectivity index (χ3v) is 8.20. The van der Waals surface area contributed by atoms with Gasteiger partial charge in [0.2, 0.25) is 5.88 Å². The number of hydrogen-bond acceptors (Lipinski definition) is 6. The van der Waals surface area contributed by atoms with Crippen molar-refractivity contribution in [1.29, 1.82) is 0 Å². The molecule has 0 saturated heterocycles. The van der Waals surface area contributed by atoms with E-state index in [0.29, 0.717) is 17.3 Å². The molecule has 1 aliphatic rings. The lowest BCUT2D eigenvalue weighted by atomic mass is 10.0. The minimum atomic E-state index is -0.799. The third kappa shape index (κ3) is 6.26. The van der Waals surface area contributed by atoms with Crippen LogP contribution in [0, 0.1) is 28.7 Å². The minimum absolute atomic E-state index is 0.0403. The normalized spacial score (nSPS) is 13.7. The first-order valence-electron chi connectivity index (χ1n) is 13.8. The molecule has 0 atom stereocenters. The van der Waals surface area contributed by atoms with E-state index in [4.69, 9.17) is 9.47 Å². The fraction of sp³-hybridized carbons (Fsp3) is 0.250. The van der Waals surface area contributed by atoms with Crippen LogP contribution in [-0.2, 0) is 24.3 Å². The van der Waals surface area contributed by atoms with Gasteiger partial charge in [-0.1, -0.05) is 6.07 Å². The van der Waals surface area contributed by atoms with Gasteiger partial charge in [0.1, 0.15) is 41.1 Å².